The number of aliphatic imine (C=N–C) groups is 1. The molecule has 2 N–H and O–H groups in total. The predicted molar refractivity (Wildman–Crippen MR) is 105 cm³/mol. The zero-order valence-corrected chi connectivity index (χ0v) is 17.0. The van der Waals surface area contributed by atoms with Crippen molar-refractivity contribution < 1.29 is 0 Å². The summed E-state index contributed by atoms with van der Waals surface area (Å²) in [6, 6.07) is 8.43. The van der Waals surface area contributed by atoms with Crippen LogP contribution in [0.15, 0.2) is 33.7 Å². The van der Waals surface area contributed by atoms with Crippen molar-refractivity contribution in [3.63, 3.8) is 0 Å². The molecule has 0 amide bonds. The zero-order chi connectivity index (χ0) is 14.3. The molecule has 0 saturated heterocycles. The van der Waals surface area contributed by atoms with E-state index in [1.54, 1.807) is 7.05 Å². The Balaban J connectivity index is 0.00000361. The van der Waals surface area contributed by atoms with Crippen LogP contribution in [0.1, 0.15) is 25.5 Å². The van der Waals surface area contributed by atoms with Crippen molar-refractivity contribution in [2.75, 3.05) is 19.8 Å². The Morgan fingerprint density at radius 3 is 2.55 bits per heavy atom. The molecule has 3 nitrogen and oxygen atoms in total. The van der Waals surface area contributed by atoms with Gasteiger partial charge in [-0.1, -0.05) is 41.1 Å². The maximum Gasteiger partial charge on any atom is 0.191 e. The van der Waals surface area contributed by atoms with Gasteiger partial charge in [-0.25, -0.2) is 0 Å². The van der Waals surface area contributed by atoms with E-state index in [9.17, 15) is 0 Å². The molecule has 1 rings (SSSR count). The number of halogens is 2. The van der Waals surface area contributed by atoms with Crippen molar-refractivity contribution in [3.05, 3.63) is 34.3 Å². The summed E-state index contributed by atoms with van der Waals surface area (Å²) in [5.41, 5.74) is 1.23. The molecule has 0 heterocycles. The number of rotatable bonds is 5. The molecule has 20 heavy (non-hydrogen) atoms. The number of nitrogens with zero attached hydrogens (tertiary/aromatic N) is 1. The number of benzene rings is 1. The monoisotopic (exact) mass is 471 g/mol. The van der Waals surface area contributed by atoms with Crippen molar-refractivity contribution in [2.45, 2.75) is 25.1 Å². The maximum absolute atomic E-state index is 4.26. The second-order valence-corrected chi connectivity index (χ2v) is 6.52. The first-order valence-corrected chi connectivity index (χ1v) is 8.41. The first-order chi connectivity index (χ1) is 9.08. The number of thioether (sulfide) groups is 1. The van der Waals surface area contributed by atoms with Crippen LogP contribution >= 0.6 is 51.7 Å². The Morgan fingerprint density at radius 2 is 2.00 bits per heavy atom. The van der Waals surface area contributed by atoms with Crippen LogP contribution in [0.3, 0.4) is 0 Å². The highest BCUT2D eigenvalue weighted by molar-refractivity contribution is 14.0. The first kappa shape index (κ1) is 20.1. The molecule has 0 aromatic heterocycles. The van der Waals surface area contributed by atoms with Crippen LogP contribution in [-0.4, -0.2) is 31.1 Å². The zero-order valence-electron chi connectivity index (χ0n) is 12.3. The topological polar surface area (TPSA) is 36.4 Å². The molecular weight excluding hydrogens is 449 g/mol. The Kier molecular flexibility index (Phi) is 10.8. The molecule has 0 bridgehead atoms. The largest absolute Gasteiger partial charge is 0.355 e. The number of hydrogen-bond acceptors (Lipinski definition) is 2. The third-order valence-electron chi connectivity index (χ3n) is 2.91. The molecule has 0 spiro atoms. The van der Waals surface area contributed by atoms with Gasteiger partial charge in [0.15, 0.2) is 5.96 Å². The van der Waals surface area contributed by atoms with Gasteiger partial charge in [-0.15, -0.1) is 24.0 Å². The van der Waals surface area contributed by atoms with Crippen LogP contribution < -0.4 is 10.6 Å². The summed E-state index contributed by atoms with van der Waals surface area (Å²) in [5.74, 6) is 0.837. The van der Waals surface area contributed by atoms with Crippen LogP contribution in [0.2, 0.25) is 0 Å². The van der Waals surface area contributed by atoms with Crippen molar-refractivity contribution in [3.8, 4) is 0 Å². The summed E-state index contributed by atoms with van der Waals surface area (Å²) in [5, 5.41) is 7.31. The van der Waals surface area contributed by atoms with Gasteiger partial charge in [-0.05, 0) is 24.8 Å². The van der Waals surface area contributed by atoms with E-state index >= 15 is 0 Å². The Labute approximate surface area is 151 Å². The van der Waals surface area contributed by atoms with Crippen LogP contribution in [0.4, 0.5) is 0 Å². The molecule has 0 saturated carbocycles. The summed E-state index contributed by atoms with van der Waals surface area (Å²) < 4.78 is 1.11. The SMILES string of the molecule is CN=C(NCC(C)SC)NC(C)c1ccccc1Br.I. The summed E-state index contributed by atoms with van der Waals surface area (Å²) in [6.07, 6.45) is 2.12. The lowest BCUT2D eigenvalue weighted by Gasteiger charge is -2.20. The normalized spacial score (nSPS) is 14.2. The minimum Gasteiger partial charge on any atom is -0.355 e. The van der Waals surface area contributed by atoms with Crippen LogP contribution in [-0.2, 0) is 0 Å². The van der Waals surface area contributed by atoms with Gasteiger partial charge in [0.25, 0.3) is 0 Å². The van der Waals surface area contributed by atoms with Crippen molar-refractivity contribution in [1.82, 2.24) is 10.6 Å². The van der Waals surface area contributed by atoms with Gasteiger partial charge in [-0.3, -0.25) is 4.99 Å². The molecule has 1 aromatic rings. The molecule has 0 aliphatic carbocycles. The quantitative estimate of drug-likeness (QED) is 0.386. The second-order valence-electron chi connectivity index (χ2n) is 4.39. The van der Waals surface area contributed by atoms with Gasteiger partial charge < -0.3 is 10.6 Å². The second kappa shape index (κ2) is 10.7. The molecule has 0 aliphatic rings. The lowest BCUT2D eigenvalue weighted by atomic mass is 10.1. The fourth-order valence-corrected chi connectivity index (χ4v) is 2.51. The lowest BCUT2D eigenvalue weighted by molar-refractivity contribution is 0.681. The maximum atomic E-state index is 4.26. The minimum absolute atomic E-state index is 0. The van der Waals surface area contributed by atoms with E-state index in [0.717, 1.165) is 17.0 Å². The molecular formula is C14H23BrIN3S. The molecule has 1 aromatic carbocycles. The number of guanidine groups is 1. The highest BCUT2D eigenvalue weighted by Crippen LogP contribution is 2.22. The van der Waals surface area contributed by atoms with Crippen LogP contribution in [0, 0.1) is 0 Å². The van der Waals surface area contributed by atoms with Gasteiger partial charge in [0, 0.05) is 23.3 Å². The number of nitrogens with one attached hydrogen (secondary N) is 2. The fraction of sp³-hybridized carbons (Fsp3) is 0.500. The van der Waals surface area contributed by atoms with Crippen LogP contribution in [0.25, 0.3) is 0 Å². The first-order valence-electron chi connectivity index (χ1n) is 6.32. The molecule has 2 unspecified atom stereocenters. The minimum atomic E-state index is 0. The van der Waals surface area contributed by atoms with Crippen molar-refractivity contribution in [2.24, 2.45) is 4.99 Å². The average Bonchev–Trinajstić information content (AvgIpc) is 2.43. The van der Waals surface area contributed by atoms with E-state index in [-0.39, 0.29) is 30.0 Å². The molecule has 6 heteroatoms. The van der Waals surface area contributed by atoms with E-state index in [0.29, 0.717) is 5.25 Å². The van der Waals surface area contributed by atoms with E-state index in [4.69, 9.17) is 0 Å². The third-order valence-corrected chi connectivity index (χ3v) is 4.60. The molecule has 2 atom stereocenters. The van der Waals surface area contributed by atoms with E-state index in [2.05, 4.69) is 63.8 Å². The van der Waals surface area contributed by atoms with E-state index in [1.807, 2.05) is 23.9 Å². The average molecular weight is 472 g/mol. The summed E-state index contributed by atoms with van der Waals surface area (Å²) in [7, 11) is 1.80. The summed E-state index contributed by atoms with van der Waals surface area (Å²) >= 11 is 5.42. The molecule has 0 aliphatic heterocycles. The summed E-state index contributed by atoms with van der Waals surface area (Å²) in [4.78, 5) is 4.26. The van der Waals surface area contributed by atoms with Gasteiger partial charge in [0.2, 0.25) is 0 Å². The summed E-state index contributed by atoms with van der Waals surface area (Å²) in [6.45, 7) is 5.23. The van der Waals surface area contributed by atoms with Gasteiger partial charge >= 0.3 is 0 Å². The molecule has 114 valence electrons. The Hall–Kier alpha value is 0.0500. The Morgan fingerprint density at radius 1 is 1.35 bits per heavy atom. The standard InChI is InChI=1S/C14H22BrN3S.HI/c1-10(19-4)9-17-14(16-3)18-11(2)12-7-5-6-8-13(12)15;/h5-8,10-11H,9H2,1-4H3,(H2,16,17,18);1H. The van der Waals surface area contributed by atoms with Gasteiger partial charge in [0.1, 0.15) is 0 Å². The van der Waals surface area contributed by atoms with Crippen LogP contribution in [0.5, 0.6) is 0 Å². The van der Waals surface area contributed by atoms with Crippen molar-refractivity contribution >= 4 is 57.6 Å². The lowest BCUT2D eigenvalue weighted by Crippen LogP contribution is -2.41. The smallest absolute Gasteiger partial charge is 0.191 e. The highest BCUT2D eigenvalue weighted by Gasteiger charge is 2.10. The predicted octanol–water partition coefficient (Wildman–Crippen LogP) is 4.04. The van der Waals surface area contributed by atoms with Gasteiger partial charge in [0.05, 0.1) is 6.04 Å². The molecule has 0 fully saturated rings. The third kappa shape index (κ3) is 6.67. The van der Waals surface area contributed by atoms with E-state index in [1.165, 1.54) is 5.56 Å². The van der Waals surface area contributed by atoms with Crippen molar-refractivity contribution in [1.29, 1.82) is 0 Å². The number of hydrogen-bond donors (Lipinski definition) is 2. The fourth-order valence-electron chi connectivity index (χ4n) is 1.63. The molecule has 0 radical (unpaired) electrons. The van der Waals surface area contributed by atoms with E-state index < -0.39 is 0 Å². The Bertz CT molecular complexity index is 429. The van der Waals surface area contributed by atoms with Gasteiger partial charge in [-0.2, -0.15) is 11.8 Å². The highest BCUT2D eigenvalue weighted by atomic mass is 127.